The maximum absolute atomic E-state index is 12.2. The first-order valence-electron chi connectivity index (χ1n) is 6.50. The van der Waals surface area contributed by atoms with Gasteiger partial charge in [0, 0.05) is 32.9 Å². The summed E-state index contributed by atoms with van der Waals surface area (Å²) < 4.78 is -0.507. The molecule has 3 nitrogen and oxygen atoms in total. The van der Waals surface area contributed by atoms with E-state index in [9.17, 15) is 4.79 Å². The van der Waals surface area contributed by atoms with Gasteiger partial charge in [0.25, 0.3) is 0 Å². The molecule has 0 saturated heterocycles. The average molecular weight is 327 g/mol. The molecule has 0 aromatic heterocycles. The van der Waals surface area contributed by atoms with Gasteiger partial charge in [-0.1, -0.05) is 28.1 Å². The fourth-order valence-electron chi connectivity index (χ4n) is 1.82. The summed E-state index contributed by atoms with van der Waals surface area (Å²) in [6.45, 7) is 7.13. The number of halogens is 1. The highest BCUT2D eigenvalue weighted by Crippen LogP contribution is 2.21. The SMILES string of the molecule is CCN(Cc1ccc(N(C)C)cc1)C(=O)C(C)(C)Br. The number of carbonyl (C=O) groups is 1. The maximum atomic E-state index is 12.2. The van der Waals surface area contributed by atoms with Crippen LogP contribution in [0.25, 0.3) is 0 Å². The summed E-state index contributed by atoms with van der Waals surface area (Å²) >= 11 is 3.43. The predicted octanol–water partition coefficient (Wildman–Crippen LogP) is 3.27. The monoisotopic (exact) mass is 326 g/mol. The van der Waals surface area contributed by atoms with Crippen molar-refractivity contribution in [1.82, 2.24) is 4.90 Å². The molecule has 0 spiro atoms. The lowest BCUT2D eigenvalue weighted by Crippen LogP contribution is -2.41. The van der Waals surface area contributed by atoms with Crippen molar-refractivity contribution in [2.24, 2.45) is 0 Å². The number of benzene rings is 1. The second kappa shape index (κ2) is 6.42. The van der Waals surface area contributed by atoms with Crippen LogP contribution in [-0.4, -0.2) is 35.8 Å². The third kappa shape index (κ3) is 4.53. The van der Waals surface area contributed by atoms with E-state index in [4.69, 9.17) is 0 Å². The highest BCUT2D eigenvalue weighted by atomic mass is 79.9. The Kier molecular flexibility index (Phi) is 5.41. The van der Waals surface area contributed by atoms with Crippen LogP contribution in [0.3, 0.4) is 0 Å². The third-order valence-corrected chi connectivity index (χ3v) is 3.34. The molecule has 0 saturated carbocycles. The van der Waals surface area contributed by atoms with Crippen molar-refractivity contribution in [1.29, 1.82) is 0 Å². The van der Waals surface area contributed by atoms with E-state index in [2.05, 4.69) is 45.1 Å². The topological polar surface area (TPSA) is 23.6 Å². The fraction of sp³-hybridized carbons (Fsp3) is 0.533. The van der Waals surface area contributed by atoms with E-state index < -0.39 is 4.32 Å². The Hall–Kier alpha value is -1.03. The minimum atomic E-state index is -0.507. The zero-order valence-corrected chi connectivity index (χ0v) is 14.0. The lowest BCUT2D eigenvalue weighted by Gasteiger charge is -2.27. The molecule has 1 rings (SSSR count). The van der Waals surface area contributed by atoms with Crippen molar-refractivity contribution >= 4 is 27.5 Å². The number of nitrogens with zero attached hydrogens (tertiary/aromatic N) is 2. The molecule has 0 unspecified atom stereocenters. The van der Waals surface area contributed by atoms with E-state index in [-0.39, 0.29) is 5.91 Å². The Morgan fingerprint density at radius 3 is 2.11 bits per heavy atom. The van der Waals surface area contributed by atoms with Gasteiger partial charge in [0.15, 0.2) is 0 Å². The highest BCUT2D eigenvalue weighted by Gasteiger charge is 2.28. The molecule has 0 aliphatic carbocycles. The molecule has 19 heavy (non-hydrogen) atoms. The van der Waals surface area contributed by atoms with Crippen molar-refractivity contribution in [3.8, 4) is 0 Å². The molecule has 0 heterocycles. The smallest absolute Gasteiger partial charge is 0.239 e. The fourth-order valence-corrected chi connectivity index (χ4v) is 2.07. The largest absolute Gasteiger partial charge is 0.378 e. The van der Waals surface area contributed by atoms with E-state index >= 15 is 0 Å². The molecule has 4 heteroatoms. The molecule has 0 aliphatic heterocycles. The van der Waals surface area contributed by atoms with Gasteiger partial charge in [-0.3, -0.25) is 4.79 Å². The predicted molar refractivity (Wildman–Crippen MR) is 84.9 cm³/mol. The highest BCUT2D eigenvalue weighted by molar-refractivity contribution is 9.10. The third-order valence-electron chi connectivity index (χ3n) is 3.00. The van der Waals surface area contributed by atoms with Gasteiger partial charge < -0.3 is 9.80 Å². The number of amides is 1. The number of rotatable bonds is 5. The first-order chi connectivity index (χ1) is 8.75. The van der Waals surface area contributed by atoms with Crippen molar-refractivity contribution in [2.45, 2.75) is 31.6 Å². The second-order valence-electron chi connectivity index (χ2n) is 5.35. The molecule has 0 N–H and O–H groups in total. The lowest BCUT2D eigenvalue weighted by molar-refractivity contribution is -0.133. The molecule has 0 atom stereocenters. The van der Waals surface area contributed by atoms with Crippen molar-refractivity contribution in [3.05, 3.63) is 29.8 Å². The zero-order chi connectivity index (χ0) is 14.6. The van der Waals surface area contributed by atoms with Crippen LogP contribution in [-0.2, 0) is 11.3 Å². The Labute approximate surface area is 124 Å². The van der Waals surface area contributed by atoms with Crippen LogP contribution < -0.4 is 4.90 Å². The van der Waals surface area contributed by atoms with Gasteiger partial charge in [0.1, 0.15) is 0 Å². The van der Waals surface area contributed by atoms with Crippen molar-refractivity contribution < 1.29 is 4.79 Å². The van der Waals surface area contributed by atoms with Crippen LogP contribution in [0, 0.1) is 0 Å². The van der Waals surface area contributed by atoms with Crippen LogP contribution in [0.1, 0.15) is 26.3 Å². The van der Waals surface area contributed by atoms with E-state index in [1.807, 2.05) is 39.8 Å². The van der Waals surface area contributed by atoms with Crippen LogP contribution in [0.2, 0.25) is 0 Å². The van der Waals surface area contributed by atoms with Gasteiger partial charge in [-0.25, -0.2) is 0 Å². The van der Waals surface area contributed by atoms with Gasteiger partial charge in [0.05, 0.1) is 4.32 Å². The number of anilines is 1. The second-order valence-corrected chi connectivity index (χ2v) is 7.34. The first-order valence-corrected chi connectivity index (χ1v) is 7.29. The molecule has 0 radical (unpaired) electrons. The summed E-state index contributed by atoms with van der Waals surface area (Å²) in [6.07, 6.45) is 0. The van der Waals surface area contributed by atoms with E-state index in [1.165, 1.54) is 5.69 Å². The number of hydrogen-bond acceptors (Lipinski definition) is 2. The summed E-state index contributed by atoms with van der Waals surface area (Å²) in [5, 5.41) is 0. The normalized spacial score (nSPS) is 11.3. The van der Waals surface area contributed by atoms with Gasteiger partial charge >= 0.3 is 0 Å². The summed E-state index contributed by atoms with van der Waals surface area (Å²) in [4.78, 5) is 16.2. The molecule has 1 aromatic carbocycles. The molecular weight excluding hydrogens is 304 g/mol. The minimum Gasteiger partial charge on any atom is -0.378 e. The van der Waals surface area contributed by atoms with Gasteiger partial charge in [0.2, 0.25) is 5.91 Å². The summed E-state index contributed by atoms with van der Waals surface area (Å²) in [7, 11) is 4.04. The summed E-state index contributed by atoms with van der Waals surface area (Å²) in [6, 6.07) is 8.30. The molecule has 0 fully saturated rings. The molecule has 106 valence electrons. The Balaban J connectivity index is 2.79. The van der Waals surface area contributed by atoms with Gasteiger partial charge in [-0.05, 0) is 38.5 Å². The van der Waals surface area contributed by atoms with Crippen molar-refractivity contribution in [3.63, 3.8) is 0 Å². The minimum absolute atomic E-state index is 0.117. The number of carbonyl (C=O) groups excluding carboxylic acids is 1. The van der Waals surface area contributed by atoms with E-state index in [0.29, 0.717) is 13.1 Å². The Bertz CT molecular complexity index is 421. The average Bonchev–Trinajstić information content (AvgIpc) is 2.34. The van der Waals surface area contributed by atoms with Gasteiger partial charge in [-0.15, -0.1) is 0 Å². The van der Waals surface area contributed by atoms with Crippen LogP contribution in [0.5, 0.6) is 0 Å². The number of hydrogen-bond donors (Lipinski definition) is 0. The first kappa shape index (κ1) is 16.0. The molecule has 1 aromatic rings. The number of alkyl halides is 1. The van der Waals surface area contributed by atoms with Crippen molar-refractivity contribution in [2.75, 3.05) is 25.5 Å². The van der Waals surface area contributed by atoms with E-state index in [0.717, 1.165) is 5.56 Å². The maximum Gasteiger partial charge on any atom is 0.239 e. The molecular formula is C15H23BrN2O. The lowest BCUT2D eigenvalue weighted by atomic mass is 10.1. The molecule has 0 bridgehead atoms. The van der Waals surface area contributed by atoms with Crippen LogP contribution >= 0.6 is 15.9 Å². The molecule has 0 aliphatic rings. The summed E-state index contributed by atoms with van der Waals surface area (Å²) in [5.74, 6) is 0.117. The Morgan fingerprint density at radius 1 is 1.21 bits per heavy atom. The summed E-state index contributed by atoms with van der Waals surface area (Å²) in [5.41, 5.74) is 2.32. The quantitative estimate of drug-likeness (QED) is 0.775. The zero-order valence-electron chi connectivity index (χ0n) is 12.4. The van der Waals surface area contributed by atoms with Crippen LogP contribution in [0.4, 0.5) is 5.69 Å². The van der Waals surface area contributed by atoms with Crippen LogP contribution in [0.15, 0.2) is 24.3 Å². The van der Waals surface area contributed by atoms with E-state index in [1.54, 1.807) is 0 Å². The molecule has 1 amide bonds. The standard InChI is InChI=1S/C15H23BrN2O/c1-6-18(14(19)15(2,3)16)11-12-7-9-13(10-8-12)17(4)5/h7-10H,6,11H2,1-5H3. The Morgan fingerprint density at radius 2 is 1.74 bits per heavy atom. The van der Waals surface area contributed by atoms with Gasteiger partial charge in [-0.2, -0.15) is 0 Å².